The van der Waals surface area contributed by atoms with Crippen LogP contribution in [0.5, 0.6) is 0 Å². The minimum atomic E-state index is -0.0631. The second kappa shape index (κ2) is 8.71. The molecular formula is C42H28N2O. The van der Waals surface area contributed by atoms with Gasteiger partial charge in [0.2, 0.25) is 5.71 Å². The van der Waals surface area contributed by atoms with Gasteiger partial charge in [0.1, 0.15) is 5.58 Å². The summed E-state index contributed by atoms with van der Waals surface area (Å²) in [4.78, 5) is 4.91. The quantitative estimate of drug-likeness (QED) is 0.205. The number of furan rings is 1. The van der Waals surface area contributed by atoms with Crippen LogP contribution in [0, 0.1) is 0 Å². The minimum Gasteiger partial charge on any atom is -0.438 e. The zero-order valence-corrected chi connectivity index (χ0v) is 25.0. The van der Waals surface area contributed by atoms with Crippen LogP contribution in [0.15, 0.2) is 138 Å². The van der Waals surface area contributed by atoms with Gasteiger partial charge in [0.05, 0.1) is 21.9 Å². The molecule has 1 aliphatic carbocycles. The van der Waals surface area contributed by atoms with E-state index in [4.69, 9.17) is 9.40 Å². The molecule has 0 aliphatic heterocycles. The first-order chi connectivity index (χ1) is 22.1. The number of hydrogen-bond donors (Lipinski definition) is 0. The Bertz CT molecular complexity index is 2670. The maximum atomic E-state index is 6.26. The lowest BCUT2D eigenvalue weighted by atomic mass is 9.82. The Balaban J connectivity index is 1.22. The molecule has 1 aliphatic rings. The number of aromatic nitrogens is 2. The molecule has 3 heterocycles. The molecule has 0 spiro atoms. The monoisotopic (exact) mass is 576 g/mol. The van der Waals surface area contributed by atoms with Crippen molar-refractivity contribution in [1.82, 2.24) is 9.55 Å². The Morgan fingerprint density at radius 2 is 1.29 bits per heavy atom. The summed E-state index contributed by atoms with van der Waals surface area (Å²) in [6.45, 7) is 4.70. The molecule has 0 unspecified atom stereocenters. The predicted molar refractivity (Wildman–Crippen MR) is 186 cm³/mol. The third-order valence-corrected chi connectivity index (χ3v) is 10.0. The SMILES string of the molecule is CC1(C)c2ccccc2-c2cc3c4ccccc4n(-c4ccc(-c5c6ccccc6nc6oc7ccccc7c56)cc4)c3cc21. The number of para-hydroxylation sites is 3. The molecule has 9 aromatic rings. The van der Waals surface area contributed by atoms with Crippen molar-refractivity contribution in [3.8, 4) is 27.9 Å². The van der Waals surface area contributed by atoms with E-state index in [1.807, 2.05) is 18.2 Å². The van der Waals surface area contributed by atoms with Gasteiger partial charge in [-0.1, -0.05) is 105 Å². The first-order valence-corrected chi connectivity index (χ1v) is 15.6. The lowest BCUT2D eigenvalue weighted by Crippen LogP contribution is -2.14. The molecular weight excluding hydrogens is 548 g/mol. The van der Waals surface area contributed by atoms with E-state index in [0.29, 0.717) is 5.71 Å². The highest BCUT2D eigenvalue weighted by molar-refractivity contribution is 6.18. The summed E-state index contributed by atoms with van der Waals surface area (Å²) in [6.07, 6.45) is 0. The summed E-state index contributed by atoms with van der Waals surface area (Å²) in [7, 11) is 0. The molecule has 0 fully saturated rings. The van der Waals surface area contributed by atoms with Crippen LogP contribution in [-0.2, 0) is 5.41 Å². The number of benzene rings is 6. The van der Waals surface area contributed by atoms with Crippen LogP contribution < -0.4 is 0 Å². The van der Waals surface area contributed by atoms with Crippen LogP contribution in [0.25, 0.3) is 82.7 Å². The average Bonchev–Trinajstić information content (AvgIpc) is 3.68. The number of hydrogen-bond acceptors (Lipinski definition) is 2. The molecule has 10 rings (SSSR count). The van der Waals surface area contributed by atoms with Gasteiger partial charge in [0.25, 0.3) is 0 Å². The Morgan fingerprint density at radius 3 is 2.16 bits per heavy atom. The fraction of sp³-hybridized carbons (Fsp3) is 0.0714. The first-order valence-electron chi connectivity index (χ1n) is 15.6. The second-order valence-electron chi connectivity index (χ2n) is 12.8. The van der Waals surface area contributed by atoms with Crippen molar-refractivity contribution < 1.29 is 4.42 Å². The zero-order valence-electron chi connectivity index (χ0n) is 25.0. The van der Waals surface area contributed by atoms with Crippen molar-refractivity contribution in [2.75, 3.05) is 0 Å². The van der Waals surface area contributed by atoms with Gasteiger partial charge < -0.3 is 8.98 Å². The highest BCUT2D eigenvalue weighted by Crippen LogP contribution is 2.51. The Hall–Kier alpha value is -5.67. The minimum absolute atomic E-state index is 0.0631. The molecule has 45 heavy (non-hydrogen) atoms. The van der Waals surface area contributed by atoms with E-state index in [9.17, 15) is 0 Å². The first kappa shape index (κ1) is 24.7. The summed E-state index contributed by atoms with van der Waals surface area (Å²) in [6, 6.07) is 48.2. The van der Waals surface area contributed by atoms with E-state index in [1.165, 1.54) is 44.1 Å². The standard InChI is InChI=1S/C42H28N2O/c1-42(2)33-15-7-3-11-27(33)31-23-32-28-12-5-9-17-36(28)44(37(32)24-34(31)42)26-21-19-25(20-22-26)39-29-13-4-8-16-35(29)43-41-40(39)30-14-6-10-18-38(30)45-41/h3-24H,1-2H3. The topological polar surface area (TPSA) is 31.0 Å². The molecule has 3 heteroatoms. The third-order valence-electron chi connectivity index (χ3n) is 10.0. The molecule has 212 valence electrons. The molecule has 0 atom stereocenters. The summed E-state index contributed by atoms with van der Waals surface area (Å²) in [5.74, 6) is 0. The van der Waals surface area contributed by atoms with E-state index in [1.54, 1.807) is 0 Å². The van der Waals surface area contributed by atoms with E-state index in [2.05, 4.69) is 134 Å². The molecule has 3 nitrogen and oxygen atoms in total. The average molecular weight is 577 g/mol. The van der Waals surface area contributed by atoms with Crippen LogP contribution in [-0.4, -0.2) is 9.55 Å². The van der Waals surface area contributed by atoms with Crippen molar-refractivity contribution in [2.45, 2.75) is 19.3 Å². The molecule has 3 aromatic heterocycles. The largest absolute Gasteiger partial charge is 0.438 e. The molecule has 0 amide bonds. The van der Waals surface area contributed by atoms with Crippen LogP contribution in [0.1, 0.15) is 25.0 Å². The summed E-state index contributed by atoms with van der Waals surface area (Å²) in [5.41, 5.74) is 13.8. The van der Waals surface area contributed by atoms with Gasteiger partial charge in [0, 0.05) is 38.2 Å². The van der Waals surface area contributed by atoms with Crippen molar-refractivity contribution >= 4 is 54.8 Å². The maximum Gasteiger partial charge on any atom is 0.228 e. The van der Waals surface area contributed by atoms with E-state index < -0.39 is 0 Å². The van der Waals surface area contributed by atoms with Gasteiger partial charge >= 0.3 is 0 Å². The Morgan fingerprint density at radius 1 is 0.578 bits per heavy atom. The number of nitrogens with zero attached hydrogens (tertiary/aromatic N) is 2. The normalized spacial score (nSPS) is 13.7. The van der Waals surface area contributed by atoms with E-state index in [0.717, 1.165) is 44.1 Å². The van der Waals surface area contributed by atoms with Gasteiger partial charge in [-0.25, -0.2) is 4.98 Å². The number of pyridine rings is 1. The number of fused-ring (bicyclic) bond motifs is 10. The highest BCUT2D eigenvalue weighted by atomic mass is 16.3. The van der Waals surface area contributed by atoms with Crippen molar-refractivity contribution in [1.29, 1.82) is 0 Å². The fourth-order valence-electron chi connectivity index (χ4n) is 7.90. The smallest absolute Gasteiger partial charge is 0.228 e. The predicted octanol–water partition coefficient (Wildman–Crippen LogP) is 11.2. The third kappa shape index (κ3) is 3.27. The highest BCUT2D eigenvalue weighted by Gasteiger charge is 2.36. The molecule has 6 aromatic carbocycles. The van der Waals surface area contributed by atoms with Crippen LogP contribution in [0.2, 0.25) is 0 Å². The molecule has 0 saturated heterocycles. The number of rotatable bonds is 2. The van der Waals surface area contributed by atoms with Gasteiger partial charge in [-0.2, -0.15) is 0 Å². The Kier molecular flexibility index (Phi) is 4.79. The van der Waals surface area contributed by atoms with Gasteiger partial charge in [-0.05, 0) is 70.3 Å². The molecule has 0 bridgehead atoms. The summed E-state index contributed by atoms with van der Waals surface area (Å²) < 4.78 is 8.69. The van der Waals surface area contributed by atoms with Crippen LogP contribution >= 0.6 is 0 Å². The zero-order chi connectivity index (χ0) is 29.9. The maximum absolute atomic E-state index is 6.26. The van der Waals surface area contributed by atoms with Crippen molar-refractivity contribution in [2.24, 2.45) is 0 Å². The summed E-state index contributed by atoms with van der Waals surface area (Å²) >= 11 is 0. The molecule has 0 radical (unpaired) electrons. The van der Waals surface area contributed by atoms with Crippen molar-refractivity contribution in [3.63, 3.8) is 0 Å². The van der Waals surface area contributed by atoms with Crippen molar-refractivity contribution in [3.05, 3.63) is 145 Å². The Labute approximate surface area is 260 Å². The van der Waals surface area contributed by atoms with Crippen LogP contribution in [0.4, 0.5) is 0 Å². The van der Waals surface area contributed by atoms with Gasteiger partial charge in [-0.3, -0.25) is 0 Å². The lowest BCUT2D eigenvalue weighted by Gasteiger charge is -2.21. The molecule has 0 N–H and O–H groups in total. The van der Waals surface area contributed by atoms with E-state index >= 15 is 0 Å². The second-order valence-corrected chi connectivity index (χ2v) is 12.8. The van der Waals surface area contributed by atoms with Crippen LogP contribution in [0.3, 0.4) is 0 Å². The fourth-order valence-corrected chi connectivity index (χ4v) is 7.90. The van der Waals surface area contributed by atoms with Gasteiger partial charge in [-0.15, -0.1) is 0 Å². The van der Waals surface area contributed by atoms with E-state index in [-0.39, 0.29) is 5.41 Å². The summed E-state index contributed by atoms with van der Waals surface area (Å²) in [5, 5.41) is 5.83. The lowest BCUT2D eigenvalue weighted by molar-refractivity contribution is 0.656. The van der Waals surface area contributed by atoms with Gasteiger partial charge in [0.15, 0.2) is 0 Å². The molecule has 0 saturated carbocycles.